The van der Waals surface area contributed by atoms with Gasteiger partial charge in [-0.15, -0.1) is 0 Å². The summed E-state index contributed by atoms with van der Waals surface area (Å²) in [6, 6.07) is 10.6. The molecule has 9 nitrogen and oxygen atoms in total. The van der Waals surface area contributed by atoms with Crippen LogP contribution in [0.25, 0.3) is 10.8 Å². The Morgan fingerprint density at radius 1 is 1.07 bits per heavy atom. The smallest absolute Gasteiger partial charge is 0.320 e. The van der Waals surface area contributed by atoms with Crippen LogP contribution in [-0.4, -0.2) is 47.8 Å². The highest BCUT2D eigenvalue weighted by molar-refractivity contribution is 5.86. The number of fused-ring (bicyclic) bond motifs is 1. The van der Waals surface area contributed by atoms with Crippen molar-refractivity contribution in [3.8, 4) is 5.75 Å². The highest BCUT2D eigenvalue weighted by Crippen LogP contribution is 2.25. The van der Waals surface area contributed by atoms with Gasteiger partial charge in [-0.25, -0.2) is 0 Å². The van der Waals surface area contributed by atoms with Crippen LogP contribution in [0.3, 0.4) is 0 Å². The van der Waals surface area contributed by atoms with Crippen LogP contribution in [0.2, 0.25) is 0 Å². The molecular formula is C20H28N4O5. The fourth-order valence-corrected chi connectivity index (χ4v) is 2.42. The maximum Gasteiger partial charge on any atom is 0.320 e. The minimum Gasteiger partial charge on any atom is -0.497 e. The zero-order chi connectivity index (χ0) is 22.0. The summed E-state index contributed by atoms with van der Waals surface area (Å²) in [4.78, 5) is 24.8. The number of nitrogens with two attached hydrogens (primary N) is 3. The first-order valence-corrected chi connectivity index (χ1v) is 9.00. The summed E-state index contributed by atoms with van der Waals surface area (Å²) in [5.41, 5.74) is 16.1. The molecule has 158 valence electrons. The van der Waals surface area contributed by atoms with Crippen LogP contribution in [0.5, 0.6) is 5.75 Å². The predicted molar refractivity (Wildman–Crippen MR) is 112 cm³/mol. The quantitative estimate of drug-likeness (QED) is 0.250. The molecule has 2 unspecified atom stereocenters. The Hall–Kier alpha value is -3.33. The Morgan fingerprint density at radius 2 is 1.69 bits per heavy atom. The van der Waals surface area contributed by atoms with E-state index in [0.717, 1.165) is 22.1 Å². The van der Waals surface area contributed by atoms with Crippen LogP contribution in [0.1, 0.15) is 31.2 Å². The van der Waals surface area contributed by atoms with E-state index in [0.29, 0.717) is 19.4 Å². The number of ether oxygens (including phenoxy) is 1. The zero-order valence-electron chi connectivity index (χ0n) is 16.5. The lowest BCUT2D eigenvalue weighted by Crippen LogP contribution is -2.30. The van der Waals surface area contributed by atoms with Gasteiger partial charge in [0.05, 0.1) is 13.0 Å². The number of aliphatic imine (C=N–C) groups is 1. The molecule has 0 amide bonds. The van der Waals surface area contributed by atoms with Crippen molar-refractivity contribution in [3.05, 3.63) is 42.0 Å². The van der Waals surface area contributed by atoms with Crippen LogP contribution in [-0.2, 0) is 9.59 Å². The van der Waals surface area contributed by atoms with Gasteiger partial charge in [0.15, 0.2) is 5.96 Å². The van der Waals surface area contributed by atoms with E-state index in [1.54, 1.807) is 14.0 Å². The zero-order valence-corrected chi connectivity index (χ0v) is 16.5. The molecular weight excluding hydrogens is 376 g/mol. The second kappa shape index (κ2) is 11.5. The number of methoxy groups -OCH3 is 1. The second-order valence-electron chi connectivity index (χ2n) is 6.43. The number of guanidine groups is 1. The molecule has 0 saturated heterocycles. The van der Waals surface area contributed by atoms with Crippen molar-refractivity contribution in [2.45, 2.75) is 31.7 Å². The number of rotatable bonds is 8. The lowest BCUT2D eigenvalue weighted by atomic mass is 9.98. The average molecular weight is 404 g/mol. The van der Waals surface area contributed by atoms with Gasteiger partial charge >= 0.3 is 11.9 Å². The van der Waals surface area contributed by atoms with Crippen LogP contribution in [0.15, 0.2) is 41.4 Å². The minimum absolute atomic E-state index is 0.0129. The first kappa shape index (κ1) is 23.7. The number of benzene rings is 2. The lowest BCUT2D eigenvalue weighted by Gasteiger charge is -2.08. The molecule has 2 aromatic rings. The van der Waals surface area contributed by atoms with Gasteiger partial charge in [-0.3, -0.25) is 14.6 Å². The van der Waals surface area contributed by atoms with Crippen molar-refractivity contribution in [2.24, 2.45) is 22.2 Å². The molecule has 0 fully saturated rings. The van der Waals surface area contributed by atoms with Crippen molar-refractivity contribution < 1.29 is 24.5 Å². The standard InChI is InChI=1S/C14H14O3.C6H14N4O2/c1-9(14(15)16)10-3-4-12-8-13(17-2)6-5-11(12)7-10;7-4(5(11)12)2-1-3-10-6(8)9/h3-9H,1-2H3,(H,15,16);4H,1-3,7H2,(H,11,12)(H4,8,9,10). The van der Waals surface area contributed by atoms with Crippen LogP contribution in [0, 0.1) is 0 Å². The molecule has 29 heavy (non-hydrogen) atoms. The molecule has 9 heteroatoms. The lowest BCUT2D eigenvalue weighted by molar-refractivity contribution is -0.139. The molecule has 2 atom stereocenters. The summed E-state index contributed by atoms with van der Waals surface area (Å²) in [7, 11) is 1.63. The topological polar surface area (TPSA) is 174 Å². The third kappa shape index (κ3) is 8.06. The van der Waals surface area contributed by atoms with Gasteiger partial charge in [0.1, 0.15) is 11.8 Å². The molecule has 0 heterocycles. The molecule has 0 bridgehead atoms. The highest BCUT2D eigenvalue weighted by Gasteiger charge is 2.13. The Kier molecular flexibility index (Phi) is 9.40. The van der Waals surface area contributed by atoms with Gasteiger partial charge in [-0.2, -0.15) is 0 Å². The summed E-state index contributed by atoms with van der Waals surface area (Å²) in [6.07, 6.45) is 0.956. The van der Waals surface area contributed by atoms with Gasteiger partial charge in [0, 0.05) is 6.54 Å². The molecule has 0 radical (unpaired) electrons. The van der Waals surface area contributed by atoms with Crippen molar-refractivity contribution in [3.63, 3.8) is 0 Å². The van der Waals surface area contributed by atoms with Crippen molar-refractivity contribution in [1.29, 1.82) is 0 Å². The number of aliphatic carboxylic acids is 2. The SMILES string of the molecule is COc1ccc2cc(C(C)C(=O)O)ccc2c1.NC(N)=NCCCC(N)C(=O)O. The van der Waals surface area contributed by atoms with E-state index in [-0.39, 0.29) is 5.96 Å². The summed E-state index contributed by atoms with van der Waals surface area (Å²) in [5, 5.41) is 19.4. The van der Waals surface area contributed by atoms with E-state index in [2.05, 4.69) is 4.99 Å². The molecule has 8 N–H and O–H groups in total. The maximum absolute atomic E-state index is 10.9. The van der Waals surface area contributed by atoms with Crippen molar-refractivity contribution in [1.82, 2.24) is 0 Å². The largest absolute Gasteiger partial charge is 0.497 e. The molecule has 0 saturated carbocycles. The molecule has 0 aliphatic rings. The van der Waals surface area contributed by atoms with Crippen LogP contribution >= 0.6 is 0 Å². The third-order valence-electron chi connectivity index (χ3n) is 4.23. The first-order chi connectivity index (χ1) is 13.6. The first-order valence-electron chi connectivity index (χ1n) is 9.00. The molecule has 0 aliphatic carbocycles. The van der Waals surface area contributed by atoms with E-state index >= 15 is 0 Å². The van der Waals surface area contributed by atoms with E-state index in [1.807, 2.05) is 36.4 Å². The van der Waals surface area contributed by atoms with E-state index in [1.165, 1.54) is 0 Å². The summed E-state index contributed by atoms with van der Waals surface area (Å²) >= 11 is 0. The average Bonchev–Trinajstić information content (AvgIpc) is 2.69. The van der Waals surface area contributed by atoms with E-state index < -0.39 is 23.9 Å². The normalized spacial score (nSPS) is 12.2. The summed E-state index contributed by atoms with van der Waals surface area (Å²) in [6.45, 7) is 2.11. The Labute approximate surface area is 169 Å². The van der Waals surface area contributed by atoms with Gasteiger partial charge in [-0.05, 0) is 48.2 Å². The molecule has 0 aliphatic heterocycles. The number of carboxylic acids is 2. The monoisotopic (exact) mass is 404 g/mol. The summed E-state index contributed by atoms with van der Waals surface area (Å²) in [5.74, 6) is -1.48. The van der Waals surface area contributed by atoms with Gasteiger partial charge < -0.3 is 32.2 Å². The molecule has 2 aromatic carbocycles. The Morgan fingerprint density at radius 3 is 2.24 bits per heavy atom. The molecule has 2 rings (SSSR count). The van der Waals surface area contributed by atoms with Crippen molar-refractivity contribution >= 4 is 28.7 Å². The second-order valence-corrected chi connectivity index (χ2v) is 6.43. The minimum atomic E-state index is -1.00. The van der Waals surface area contributed by atoms with Crippen molar-refractivity contribution in [2.75, 3.05) is 13.7 Å². The summed E-state index contributed by atoms with van der Waals surface area (Å²) < 4.78 is 5.14. The third-order valence-corrected chi connectivity index (χ3v) is 4.23. The van der Waals surface area contributed by atoms with E-state index in [4.69, 9.17) is 32.2 Å². The highest BCUT2D eigenvalue weighted by atomic mass is 16.5. The Balaban J connectivity index is 0.000000311. The van der Waals surface area contributed by atoms with Gasteiger partial charge in [0.25, 0.3) is 0 Å². The number of hydrogen-bond donors (Lipinski definition) is 5. The fourth-order valence-electron chi connectivity index (χ4n) is 2.42. The van der Waals surface area contributed by atoms with Crippen LogP contribution in [0.4, 0.5) is 0 Å². The molecule has 0 aromatic heterocycles. The predicted octanol–water partition coefficient (Wildman–Crippen LogP) is 1.49. The van der Waals surface area contributed by atoms with E-state index in [9.17, 15) is 9.59 Å². The Bertz CT molecular complexity index is 865. The number of nitrogens with zero attached hydrogens (tertiary/aromatic N) is 1. The number of carboxylic acid groups (broad SMARTS) is 2. The number of hydrogen-bond acceptors (Lipinski definition) is 5. The fraction of sp³-hybridized carbons (Fsp3) is 0.350. The number of carbonyl (C=O) groups is 2. The maximum atomic E-state index is 10.9. The molecule has 0 spiro atoms. The van der Waals surface area contributed by atoms with Gasteiger partial charge in [-0.1, -0.05) is 24.3 Å². The van der Waals surface area contributed by atoms with Gasteiger partial charge in [0.2, 0.25) is 0 Å². The van der Waals surface area contributed by atoms with Crippen LogP contribution < -0.4 is 21.9 Å².